The zero-order valence-electron chi connectivity index (χ0n) is 17.5. The van der Waals surface area contributed by atoms with Crippen molar-refractivity contribution in [1.82, 2.24) is 5.32 Å². The molecule has 0 heterocycles. The number of hydrogen-bond donors (Lipinski definition) is 2. The van der Waals surface area contributed by atoms with E-state index in [2.05, 4.69) is 17.0 Å². The fourth-order valence-corrected chi connectivity index (χ4v) is 3.90. The summed E-state index contributed by atoms with van der Waals surface area (Å²) >= 11 is 0.971. The maximum absolute atomic E-state index is 12.3. The lowest BCUT2D eigenvalue weighted by atomic mass is 10.0. The second-order valence-electron chi connectivity index (χ2n) is 6.94. The van der Waals surface area contributed by atoms with Crippen LogP contribution in [0.4, 0.5) is 0 Å². The first-order valence-corrected chi connectivity index (χ1v) is 11.2. The minimum atomic E-state index is -1.02. The van der Waals surface area contributed by atoms with Crippen LogP contribution >= 0.6 is 11.8 Å². The number of amides is 2. The fourth-order valence-electron chi connectivity index (χ4n) is 2.82. The topological polar surface area (TPSA) is 116 Å². The SMILES string of the molecule is CCCCCCCCCCCC(=O)C(SC[C@H](NC(C)=O)C(=O)OC)C(N)=O. The molecule has 3 N–H and O–H groups in total. The van der Waals surface area contributed by atoms with Crippen molar-refractivity contribution >= 4 is 35.3 Å². The summed E-state index contributed by atoms with van der Waals surface area (Å²) < 4.78 is 4.63. The Labute approximate surface area is 172 Å². The monoisotopic (exact) mass is 416 g/mol. The van der Waals surface area contributed by atoms with Crippen molar-refractivity contribution in [3.05, 3.63) is 0 Å². The van der Waals surface area contributed by atoms with Crippen molar-refractivity contribution in [2.24, 2.45) is 5.73 Å². The van der Waals surface area contributed by atoms with Crippen LogP contribution in [-0.2, 0) is 23.9 Å². The molecule has 2 amide bonds. The standard InChI is InChI=1S/C20H36N2O5S/c1-4-5-6-7-8-9-10-11-12-13-17(24)18(19(21)25)28-14-16(20(26)27-3)22-15(2)23/h16,18H,4-14H2,1-3H3,(H2,21,25)(H,22,23)/t16-,18?/m0/s1. The van der Waals surface area contributed by atoms with Gasteiger partial charge in [-0.15, -0.1) is 11.8 Å². The van der Waals surface area contributed by atoms with Crippen LogP contribution in [0.25, 0.3) is 0 Å². The minimum absolute atomic E-state index is 0.0450. The highest BCUT2D eigenvalue weighted by Gasteiger charge is 2.28. The zero-order chi connectivity index (χ0) is 21.4. The lowest BCUT2D eigenvalue weighted by Crippen LogP contribution is -2.44. The van der Waals surface area contributed by atoms with E-state index in [9.17, 15) is 19.2 Å². The first kappa shape index (κ1) is 26.4. The number of carbonyl (C=O) groups excluding carboxylic acids is 4. The first-order chi connectivity index (χ1) is 13.3. The molecule has 0 saturated carbocycles. The minimum Gasteiger partial charge on any atom is -0.467 e. The second-order valence-corrected chi connectivity index (χ2v) is 8.07. The Balaban J connectivity index is 4.25. The number of primary amides is 1. The average Bonchev–Trinajstić information content (AvgIpc) is 2.64. The molecule has 0 spiro atoms. The number of thioether (sulfide) groups is 1. The Kier molecular flexibility index (Phi) is 15.5. The smallest absolute Gasteiger partial charge is 0.329 e. The number of nitrogens with one attached hydrogen (secondary N) is 1. The van der Waals surface area contributed by atoms with Crippen molar-refractivity contribution < 1.29 is 23.9 Å². The summed E-state index contributed by atoms with van der Waals surface area (Å²) in [6.45, 7) is 3.48. The highest BCUT2D eigenvalue weighted by molar-refractivity contribution is 8.01. The van der Waals surface area contributed by atoms with E-state index in [0.29, 0.717) is 6.42 Å². The lowest BCUT2D eigenvalue weighted by Gasteiger charge is -2.18. The first-order valence-electron chi connectivity index (χ1n) is 10.1. The summed E-state index contributed by atoms with van der Waals surface area (Å²) in [7, 11) is 1.21. The van der Waals surface area contributed by atoms with E-state index >= 15 is 0 Å². The molecule has 2 atom stereocenters. The maximum Gasteiger partial charge on any atom is 0.329 e. The summed E-state index contributed by atoms with van der Waals surface area (Å²) in [6.07, 6.45) is 10.5. The van der Waals surface area contributed by atoms with Gasteiger partial charge in [-0.2, -0.15) is 0 Å². The summed E-state index contributed by atoms with van der Waals surface area (Å²) in [4.78, 5) is 46.9. The van der Waals surface area contributed by atoms with Gasteiger partial charge in [-0.3, -0.25) is 14.4 Å². The predicted octanol–water partition coefficient (Wildman–Crippen LogP) is 2.74. The van der Waals surface area contributed by atoms with E-state index in [1.54, 1.807) is 0 Å². The van der Waals surface area contributed by atoms with E-state index < -0.39 is 29.1 Å². The van der Waals surface area contributed by atoms with Gasteiger partial charge >= 0.3 is 5.97 Å². The number of rotatable bonds is 17. The number of esters is 1. The van der Waals surface area contributed by atoms with Gasteiger partial charge in [0.25, 0.3) is 0 Å². The predicted molar refractivity (Wildman–Crippen MR) is 112 cm³/mol. The molecule has 0 aliphatic heterocycles. The number of hydrogen-bond acceptors (Lipinski definition) is 6. The highest BCUT2D eigenvalue weighted by Crippen LogP contribution is 2.18. The van der Waals surface area contributed by atoms with Crippen LogP contribution in [0.5, 0.6) is 0 Å². The van der Waals surface area contributed by atoms with E-state index in [1.165, 1.54) is 52.6 Å². The Morgan fingerprint density at radius 1 is 0.964 bits per heavy atom. The van der Waals surface area contributed by atoms with Crippen LogP contribution in [0, 0.1) is 0 Å². The molecular formula is C20H36N2O5S. The number of unbranched alkanes of at least 4 members (excludes halogenated alkanes) is 8. The Morgan fingerprint density at radius 3 is 1.96 bits per heavy atom. The van der Waals surface area contributed by atoms with Gasteiger partial charge in [0.05, 0.1) is 7.11 Å². The van der Waals surface area contributed by atoms with Gasteiger partial charge in [-0.05, 0) is 6.42 Å². The van der Waals surface area contributed by atoms with Crippen LogP contribution in [-0.4, -0.2) is 47.7 Å². The van der Waals surface area contributed by atoms with E-state index in [0.717, 1.165) is 31.0 Å². The third kappa shape index (κ3) is 12.8. The van der Waals surface area contributed by atoms with Crippen molar-refractivity contribution in [1.29, 1.82) is 0 Å². The van der Waals surface area contributed by atoms with Gasteiger partial charge in [-0.25, -0.2) is 4.79 Å². The highest BCUT2D eigenvalue weighted by atomic mass is 32.2. The van der Waals surface area contributed by atoms with E-state index in [4.69, 9.17) is 5.73 Å². The van der Waals surface area contributed by atoms with Crippen molar-refractivity contribution in [2.45, 2.75) is 89.3 Å². The number of ketones is 1. The molecule has 0 radical (unpaired) electrons. The van der Waals surface area contributed by atoms with Crippen LogP contribution in [0.2, 0.25) is 0 Å². The summed E-state index contributed by atoms with van der Waals surface area (Å²) in [5.41, 5.74) is 5.36. The van der Waals surface area contributed by atoms with E-state index in [-0.39, 0.29) is 11.5 Å². The molecular weight excluding hydrogens is 380 g/mol. The number of carbonyl (C=O) groups is 4. The average molecular weight is 417 g/mol. The Morgan fingerprint density at radius 2 is 1.50 bits per heavy atom. The number of nitrogens with two attached hydrogens (primary N) is 1. The van der Waals surface area contributed by atoms with Gasteiger partial charge in [0, 0.05) is 19.1 Å². The molecule has 0 aromatic heterocycles. The van der Waals surface area contributed by atoms with Gasteiger partial charge < -0.3 is 15.8 Å². The molecule has 0 aromatic rings. The Bertz CT molecular complexity index is 499. The molecule has 7 nitrogen and oxygen atoms in total. The second kappa shape index (κ2) is 16.4. The number of Topliss-reactive ketones (excluding diaryl/α,β-unsaturated/α-hetero) is 1. The van der Waals surface area contributed by atoms with Gasteiger partial charge in [0.1, 0.15) is 11.3 Å². The van der Waals surface area contributed by atoms with Crippen molar-refractivity contribution in [3.8, 4) is 0 Å². The van der Waals surface area contributed by atoms with Gasteiger partial charge in [-0.1, -0.05) is 58.3 Å². The molecule has 0 fully saturated rings. The summed E-state index contributed by atoms with van der Waals surface area (Å²) in [6, 6.07) is -0.921. The molecule has 162 valence electrons. The van der Waals surface area contributed by atoms with Gasteiger partial charge in [0.15, 0.2) is 5.78 Å². The molecule has 0 bridgehead atoms. The third-order valence-electron chi connectivity index (χ3n) is 4.37. The molecule has 0 saturated heterocycles. The molecule has 0 aliphatic carbocycles. The normalized spacial score (nSPS) is 12.8. The van der Waals surface area contributed by atoms with Crippen LogP contribution in [0.1, 0.15) is 78.1 Å². The molecule has 1 unspecified atom stereocenters. The van der Waals surface area contributed by atoms with Crippen molar-refractivity contribution in [2.75, 3.05) is 12.9 Å². The largest absolute Gasteiger partial charge is 0.467 e. The van der Waals surface area contributed by atoms with Crippen LogP contribution < -0.4 is 11.1 Å². The van der Waals surface area contributed by atoms with Gasteiger partial charge in [0.2, 0.25) is 11.8 Å². The van der Waals surface area contributed by atoms with Crippen molar-refractivity contribution in [3.63, 3.8) is 0 Å². The number of ether oxygens (including phenoxy) is 1. The fraction of sp³-hybridized carbons (Fsp3) is 0.800. The molecule has 0 aromatic carbocycles. The molecule has 0 rings (SSSR count). The summed E-state index contributed by atoms with van der Waals surface area (Å²) in [5, 5.41) is 1.43. The Hall–Kier alpha value is -1.57. The maximum atomic E-state index is 12.3. The number of methoxy groups -OCH3 is 1. The molecule has 8 heteroatoms. The quantitative estimate of drug-likeness (QED) is 0.214. The van der Waals surface area contributed by atoms with E-state index in [1.807, 2.05) is 0 Å². The third-order valence-corrected chi connectivity index (χ3v) is 5.72. The van der Waals surface area contributed by atoms with Crippen LogP contribution in [0.15, 0.2) is 0 Å². The molecule has 0 aliphatic rings. The zero-order valence-corrected chi connectivity index (χ0v) is 18.3. The lowest BCUT2D eigenvalue weighted by molar-refractivity contribution is -0.144. The van der Waals surface area contributed by atoms with Crippen LogP contribution in [0.3, 0.4) is 0 Å². The molecule has 28 heavy (non-hydrogen) atoms. The summed E-state index contributed by atoms with van der Waals surface area (Å²) in [5.74, 6) is -1.93.